The van der Waals surface area contributed by atoms with Crippen LogP contribution >= 0.6 is 23.6 Å². The van der Waals surface area contributed by atoms with Crippen LogP contribution in [0.25, 0.3) is 16.3 Å². The summed E-state index contributed by atoms with van der Waals surface area (Å²) in [4.78, 5) is 1.11. The Hall–Kier alpha value is -2.51. The van der Waals surface area contributed by atoms with E-state index in [0.29, 0.717) is 11.2 Å². The third-order valence-corrected chi connectivity index (χ3v) is 5.91. The van der Waals surface area contributed by atoms with Gasteiger partial charge in [0.15, 0.2) is 5.11 Å². The van der Waals surface area contributed by atoms with Gasteiger partial charge in [-0.2, -0.15) is 10.2 Å². The highest BCUT2D eigenvalue weighted by Gasteiger charge is 2.14. The third kappa shape index (κ3) is 4.66. The van der Waals surface area contributed by atoms with Gasteiger partial charge in [0.2, 0.25) is 0 Å². The van der Waals surface area contributed by atoms with Crippen LogP contribution in [-0.4, -0.2) is 27.1 Å². The Morgan fingerprint density at radius 1 is 1.14 bits per heavy atom. The Labute approximate surface area is 174 Å². The molecule has 1 aliphatic carbocycles. The zero-order valence-electron chi connectivity index (χ0n) is 15.5. The molecule has 28 heavy (non-hydrogen) atoms. The van der Waals surface area contributed by atoms with Gasteiger partial charge >= 0.3 is 0 Å². The number of hydrazone groups is 1. The van der Waals surface area contributed by atoms with Crippen LogP contribution in [0, 0.1) is 0 Å². The van der Waals surface area contributed by atoms with Crippen LogP contribution in [0.5, 0.6) is 0 Å². The molecule has 2 heterocycles. The van der Waals surface area contributed by atoms with E-state index in [1.807, 2.05) is 47.3 Å². The van der Waals surface area contributed by atoms with Crippen molar-refractivity contribution in [1.82, 2.24) is 20.5 Å². The summed E-state index contributed by atoms with van der Waals surface area (Å²) in [5.41, 5.74) is 5.83. The van der Waals surface area contributed by atoms with Crippen molar-refractivity contribution >= 4 is 34.9 Å². The molecule has 0 atom stereocenters. The summed E-state index contributed by atoms with van der Waals surface area (Å²) in [6, 6.07) is 14.7. The van der Waals surface area contributed by atoms with Gasteiger partial charge in [-0.25, -0.2) is 4.68 Å². The van der Waals surface area contributed by atoms with E-state index < -0.39 is 0 Å². The zero-order chi connectivity index (χ0) is 19.2. The monoisotopic (exact) mass is 409 g/mol. The predicted molar refractivity (Wildman–Crippen MR) is 120 cm³/mol. The second-order valence-electron chi connectivity index (χ2n) is 6.87. The summed E-state index contributed by atoms with van der Waals surface area (Å²) in [6.07, 6.45) is 10.0. The average molecular weight is 410 g/mol. The number of nitrogens with zero attached hydrogens (tertiary/aromatic N) is 3. The van der Waals surface area contributed by atoms with Gasteiger partial charge in [0, 0.05) is 17.8 Å². The number of aromatic nitrogens is 2. The van der Waals surface area contributed by atoms with E-state index in [1.165, 1.54) is 32.1 Å². The third-order valence-electron chi connectivity index (χ3n) is 4.83. The molecule has 0 aliphatic heterocycles. The lowest BCUT2D eigenvalue weighted by Gasteiger charge is -2.23. The van der Waals surface area contributed by atoms with Crippen molar-refractivity contribution in [2.45, 2.75) is 38.1 Å². The summed E-state index contributed by atoms with van der Waals surface area (Å²) in [7, 11) is 0. The Bertz CT molecular complexity index is 925. The number of hydrogen-bond donors (Lipinski definition) is 2. The van der Waals surface area contributed by atoms with E-state index in [1.54, 1.807) is 17.6 Å². The first-order valence-corrected chi connectivity index (χ1v) is 10.9. The van der Waals surface area contributed by atoms with E-state index >= 15 is 0 Å². The maximum absolute atomic E-state index is 5.39. The number of para-hydroxylation sites is 1. The van der Waals surface area contributed by atoms with Crippen molar-refractivity contribution in [3.8, 4) is 16.3 Å². The second kappa shape index (κ2) is 9.12. The first-order valence-electron chi connectivity index (χ1n) is 9.58. The van der Waals surface area contributed by atoms with Gasteiger partial charge in [0.1, 0.15) is 5.69 Å². The summed E-state index contributed by atoms with van der Waals surface area (Å²) in [5.74, 6) is 0. The van der Waals surface area contributed by atoms with Crippen molar-refractivity contribution in [1.29, 1.82) is 0 Å². The van der Waals surface area contributed by atoms with Gasteiger partial charge in [-0.15, -0.1) is 11.3 Å². The first kappa shape index (κ1) is 18.8. The molecule has 3 aromatic rings. The molecule has 0 bridgehead atoms. The molecule has 5 nitrogen and oxygen atoms in total. The Balaban J connectivity index is 1.49. The fourth-order valence-electron chi connectivity index (χ4n) is 3.42. The molecule has 7 heteroatoms. The molecule has 1 aliphatic rings. The smallest absolute Gasteiger partial charge is 0.187 e. The molecule has 1 aromatic carbocycles. The SMILES string of the molecule is S=C(N/N=C\c1cn(-c2ccccc2)nc1-c1cccs1)NC1CCCCC1. The minimum Gasteiger partial charge on any atom is -0.359 e. The lowest BCUT2D eigenvalue weighted by Crippen LogP contribution is -2.40. The Morgan fingerprint density at radius 3 is 2.71 bits per heavy atom. The zero-order valence-corrected chi connectivity index (χ0v) is 17.2. The minimum atomic E-state index is 0.464. The van der Waals surface area contributed by atoms with Crippen LogP contribution in [0.15, 0.2) is 59.1 Å². The normalized spacial score (nSPS) is 15.0. The molecule has 2 aromatic heterocycles. The highest BCUT2D eigenvalue weighted by atomic mass is 32.1. The highest BCUT2D eigenvalue weighted by molar-refractivity contribution is 7.80. The Morgan fingerprint density at radius 2 is 1.96 bits per heavy atom. The molecular weight excluding hydrogens is 386 g/mol. The molecule has 4 rings (SSSR count). The molecule has 2 N–H and O–H groups in total. The van der Waals surface area contributed by atoms with Gasteiger partial charge in [-0.05, 0) is 48.6 Å². The number of thiocarbonyl (C=S) groups is 1. The number of benzene rings is 1. The van der Waals surface area contributed by atoms with E-state index in [-0.39, 0.29) is 0 Å². The van der Waals surface area contributed by atoms with Gasteiger partial charge in [0.05, 0.1) is 16.8 Å². The summed E-state index contributed by atoms with van der Waals surface area (Å²) < 4.78 is 1.88. The molecule has 0 spiro atoms. The molecule has 0 saturated heterocycles. The van der Waals surface area contributed by atoms with Gasteiger partial charge < -0.3 is 5.32 Å². The van der Waals surface area contributed by atoms with Crippen LogP contribution < -0.4 is 10.7 Å². The predicted octanol–water partition coefficient (Wildman–Crippen LogP) is 4.73. The van der Waals surface area contributed by atoms with E-state index in [0.717, 1.165) is 21.8 Å². The molecule has 144 valence electrons. The summed E-state index contributed by atoms with van der Waals surface area (Å²) in [6.45, 7) is 0. The maximum atomic E-state index is 5.39. The van der Waals surface area contributed by atoms with Crippen LogP contribution in [0.3, 0.4) is 0 Å². The van der Waals surface area contributed by atoms with Gasteiger partial charge in [-0.3, -0.25) is 5.43 Å². The fourth-order valence-corrected chi connectivity index (χ4v) is 4.38. The quantitative estimate of drug-likeness (QED) is 0.363. The first-order chi connectivity index (χ1) is 13.8. The number of thiophene rings is 1. The van der Waals surface area contributed by atoms with Crippen LogP contribution in [0.1, 0.15) is 37.7 Å². The van der Waals surface area contributed by atoms with Crippen molar-refractivity contribution in [3.63, 3.8) is 0 Å². The van der Waals surface area contributed by atoms with E-state index in [2.05, 4.69) is 27.3 Å². The minimum absolute atomic E-state index is 0.464. The van der Waals surface area contributed by atoms with Crippen LogP contribution in [0.4, 0.5) is 0 Å². The number of nitrogens with one attached hydrogen (secondary N) is 2. The summed E-state index contributed by atoms with van der Waals surface area (Å²) in [5, 5.41) is 15.1. The van der Waals surface area contributed by atoms with E-state index in [4.69, 9.17) is 17.3 Å². The number of rotatable bonds is 5. The largest absolute Gasteiger partial charge is 0.359 e. The lowest BCUT2D eigenvalue weighted by molar-refractivity contribution is 0.412. The molecule has 0 radical (unpaired) electrons. The van der Waals surface area contributed by atoms with Crippen molar-refractivity contribution < 1.29 is 0 Å². The fraction of sp³-hybridized carbons (Fsp3) is 0.286. The van der Waals surface area contributed by atoms with Crippen molar-refractivity contribution in [2.24, 2.45) is 5.10 Å². The average Bonchev–Trinajstić information content (AvgIpc) is 3.39. The topological polar surface area (TPSA) is 54.2 Å². The molecule has 0 amide bonds. The van der Waals surface area contributed by atoms with Crippen molar-refractivity contribution in [3.05, 3.63) is 59.6 Å². The molecule has 1 fully saturated rings. The van der Waals surface area contributed by atoms with Gasteiger partial charge in [0.25, 0.3) is 0 Å². The highest BCUT2D eigenvalue weighted by Crippen LogP contribution is 2.26. The maximum Gasteiger partial charge on any atom is 0.187 e. The molecule has 0 unspecified atom stereocenters. The summed E-state index contributed by atoms with van der Waals surface area (Å²) >= 11 is 7.06. The van der Waals surface area contributed by atoms with Crippen LogP contribution in [-0.2, 0) is 0 Å². The van der Waals surface area contributed by atoms with Gasteiger partial charge in [-0.1, -0.05) is 43.5 Å². The molecule has 1 saturated carbocycles. The molecular formula is C21H23N5S2. The van der Waals surface area contributed by atoms with Crippen molar-refractivity contribution in [2.75, 3.05) is 0 Å². The standard InChI is InChI=1S/C21H23N5S2/c27-21(23-17-8-3-1-4-9-17)24-22-14-16-15-26(18-10-5-2-6-11-18)25-20(16)19-12-7-13-28-19/h2,5-7,10-15,17H,1,3-4,8-9H2,(H2,23,24,27)/b22-14-. The Kier molecular flexibility index (Phi) is 6.14. The van der Waals surface area contributed by atoms with E-state index in [9.17, 15) is 0 Å². The second-order valence-corrected chi connectivity index (χ2v) is 8.22. The van der Waals surface area contributed by atoms with Crippen LogP contribution in [0.2, 0.25) is 0 Å². The lowest BCUT2D eigenvalue weighted by atomic mass is 9.96. The number of hydrogen-bond acceptors (Lipinski definition) is 4.